The number of nitriles is 1. The van der Waals surface area contributed by atoms with Crippen molar-refractivity contribution in [2.45, 2.75) is 64.2 Å². The number of carboxylic acids is 1. The minimum Gasteiger partial charge on any atom is -0.481 e. The molecule has 2 aliphatic rings. The van der Waals surface area contributed by atoms with Crippen molar-refractivity contribution < 1.29 is 14.7 Å². The Balaban J connectivity index is 1.17. The summed E-state index contributed by atoms with van der Waals surface area (Å²) < 4.78 is 1.06. The van der Waals surface area contributed by atoms with Crippen molar-refractivity contribution in [3.8, 4) is 28.3 Å². The number of benzene rings is 5. The molecule has 1 aromatic heterocycles. The molecular formula is C48H43N3O3S. The maximum Gasteiger partial charge on any atom is 0.303 e. The van der Waals surface area contributed by atoms with Crippen LogP contribution in [0.25, 0.3) is 38.4 Å². The van der Waals surface area contributed by atoms with E-state index < -0.39 is 11.9 Å². The van der Waals surface area contributed by atoms with Crippen LogP contribution in [0.5, 0.6) is 0 Å². The Kier molecular flexibility index (Phi) is 9.19. The van der Waals surface area contributed by atoms with Gasteiger partial charge in [-0.15, -0.1) is 11.3 Å². The number of carbonyl (C=O) groups is 2. The molecule has 0 radical (unpaired) electrons. The van der Waals surface area contributed by atoms with Crippen molar-refractivity contribution in [2.24, 2.45) is 0 Å². The number of carbonyl (C=O) groups excluding carboxylic acids is 1. The van der Waals surface area contributed by atoms with Gasteiger partial charge in [0.25, 0.3) is 5.91 Å². The van der Waals surface area contributed by atoms with E-state index >= 15 is 0 Å². The molecule has 1 amide bonds. The lowest BCUT2D eigenvalue weighted by Crippen LogP contribution is -2.25. The summed E-state index contributed by atoms with van der Waals surface area (Å²) in [5.74, 6) is -1.24. The highest BCUT2D eigenvalue weighted by molar-refractivity contribution is 7.19. The average molecular weight is 742 g/mol. The molecule has 0 unspecified atom stereocenters. The Bertz CT molecular complexity index is 2480. The molecule has 8 rings (SSSR count). The third-order valence-electron chi connectivity index (χ3n) is 11.4. The first-order chi connectivity index (χ1) is 26.5. The average Bonchev–Trinajstić information content (AvgIpc) is 3.77. The number of hydrogen-bond acceptors (Lipinski definition) is 5. The number of amides is 1. The van der Waals surface area contributed by atoms with Crippen LogP contribution < -0.4 is 10.2 Å². The van der Waals surface area contributed by atoms with Crippen LogP contribution in [0, 0.1) is 11.3 Å². The van der Waals surface area contributed by atoms with Gasteiger partial charge < -0.3 is 15.3 Å². The zero-order valence-corrected chi connectivity index (χ0v) is 32.4. The molecule has 0 aliphatic heterocycles. The van der Waals surface area contributed by atoms with Crippen LogP contribution in [0.1, 0.15) is 80.5 Å². The normalized spacial score (nSPS) is 14.4. The van der Waals surface area contributed by atoms with E-state index in [9.17, 15) is 14.9 Å². The van der Waals surface area contributed by atoms with Gasteiger partial charge in [0, 0.05) is 50.4 Å². The smallest absolute Gasteiger partial charge is 0.303 e. The zero-order chi connectivity index (χ0) is 38.5. The topological polar surface area (TPSA) is 93.4 Å². The fourth-order valence-electron chi connectivity index (χ4n) is 8.54. The molecule has 0 fully saturated rings. The monoisotopic (exact) mass is 741 g/mol. The van der Waals surface area contributed by atoms with Crippen LogP contribution in [-0.2, 0) is 20.4 Å². The number of aliphatic carboxylic acids is 1. The van der Waals surface area contributed by atoms with E-state index in [2.05, 4.69) is 147 Å². The molecule has 5 aromatic carbocycles. The minimum absolute atomic E-state index is 0.0439. The Morgan fingerprint density at radius 3 is 1.84 bits per heavy atom. The number of rotatable bonds is 11. The van der Waals surface area contributed by atoms with E-state index in [1.807, 2.05) is 6.07 Å². The predicted molar refractivity (Wildman–Crippen MR) is 224 cm³/mol. The highest BCUT2D eigenvalue weighted by Gasteiger charge is 2.37. The SMILES string of the molecule is CC1(C)c2ccccc2-c2ccc(N(c3ccc4c(c3)C(C)(C)c3ccccc3-4)c3ccc4sc(/C=C(\C#N)C(=O)NCCCCCC(=O)O)cc4c3)cc21. The second-order valence-electron chi connectivity index (χ2n) is 15.6. The molecule has 2 N–H and O–H groups in total. The van der Waals surface area contributed by atoms with Crippen molar-refractivity contribution in [1.82, 2.24) is 5.32 Å². The maximum atomic E-state index is 12.9. The number of unbranched alkanes of at least 4 members (excludes halogenated alkanes) is 2. The number of hydrogen-bond donors (Lipinski definition) is 2. The Morgan fingerprint density at radius 1 is 0.709 bits per heavy atom. The van der Waals surface area contributed by atoms with Gasteiger partial charge in [0.2, 0.25) is 0 Å². The van der Waals surface area contributed by atoms with Crippen LogP contribution in [0.4, 0.5) is 17.1 Å². The molecule has 7 heteroatoms. The molecule has 0 saturated carbocycles. The van der Waals surface area contributed by atoms with Gasteiger partial charge >= 0.3 is 5.97 Å². The third kappa shape index (κ3) is 6.41. The number of thiophene rings is 1. The number of nitrogens with one attached hydrogen (secondary N) is 1. The van der Waals surface area contributed by atoms with Crippen LogP contribution >= 0.6 is 11.3 Å². The molecule has 1 heterocycles. The van der Waals surface area contributed by atoms with Crippen LogP contribution in [0.3, 0.4) is 0 Å². The van der Waals surface area contributed by atoms with Gasteiger partial charge in [-0.1, -0.05) is 94.8 Å². The quantitative estimate of drug-likeness (QED) is 0.0783. The second-order valence-corrected chi connectivity index (χ2v) is 16.8. The Morgan fingerprint density at radius 2 is 1.25 bits per heavy atom. The molecule has 2 aliphatic carbocycles. The maximum absolute atomic E-state index is 12.9. The summed E-state index contributed by atoms with van der Waals surface area (Å²) in [7, 11) is 0. The first-order valence-electron chi connectivity index (χ1n) is 18.9. The summed E-state index contributed by atoms with van der Waals surface area (Å²) in [6.45, 7) is 9.63. The highest BCUT2D eigenvalue weighted by atomic mass is 32.1. The second kappa shape index (κ2) is 14.0. The van der Waals surface area contributed by atoms with Crippen molar-refractivity contribution in [3.05, 3.63) is 142 Å². The Hall–Kier alpha value is -5.97. The molecule has 0 atom stereocenters. The molecule has 0 bridgehead atoms. The molecule has 274 valence electrons. The Labute approximate surface area is 326 Å². The first kappa shape index (κ1) is 36.0. The van der Waals surface area contributed by atoms with Gasteiger partial charge in [0.05, 0.1) is 0 Å². The number of fused-ring (bicyclic) bond motifs is 7. The molecular weight excluding hydrogens is 699 g/mol. The van der Waals surface area contributed by atoms with Crippen LogP contribution in [0.15, 0.2) is 115 Å². The van der Waals surface area contributed by atoms with E-state index in [-0.39, 0.29) is 22.8 Å². The number of anilines is 3. The highest BCUT2D eigenvalue weighted by Crippen LogP contribution is 2.53. The molecule has 6 nitrogen and oxygen atoms in total. The van der Waals surface area contributed by atoms with Crippen molar-refractivity contribution in [1.29, 1.82) is 5.26 Å². The largest absolute Gasteiger partial charge is 0.481 e. The summed E-state index contributed by atoms with van der Waals surface area (Å²) in [5.41, 5.74) is 13.3. The predicted octanol–water partition coefficient (Wildman–Crippen LogP) is 11.7. The van der Waals surface area contributed by atoms with Crippen LogP contribution in [0.2, 0.25) is 0 Å². The third-order valence-corrected chi connectivity index (χ3v) is 12.5. The lowest BCUT2D eigenvalue weighted by atomic mass is 9.82. The molecule has 0 saturated heterocycles. The van der Waals surface area contributed by atoms with E-state index in [4.69, 9.17) is 5.11 Å². The molecule has 0 spiro atoms. The summed E-state index contributed by atoms with van der Waals surface area (Å²) in [5, 5.41) is 22.6. The minimum atomic E-state index is -0.820. The van der Waals surface area contributed by atoms with E-state index in [1.165, 1.54) is 44.5 Å². The number of nitrogens with zero attached hydrogens (tertiary/aromatic N) is 2. The summed E-state index contributed by atoms with van der Waals surface area (Å²) in [6, 6.07) is 41.8. The van der Waals surface area contributed by atoms with Gasteiger partial charge in [-0.25, -0.2) is 0 Å². The lowest BCUT2D eigenvalue weighted by molar-refractivity contribution is -0.137. The number of carboxylic acid groups (broad SMARTS) is 1. The van der Waals surface area contributed by atoms with Gasteiger partial charge in [-0.2, -0.15) is 5.26 Å². The molecule has 55 heavy (non-hydrogen) atoms. The zero-order valence-electron chi connectivity index (χ0n) is 31.6. The van der Waals surface area contributed by atoms with Gasteiger partial charge in [-0.05, 0) is 117 Å². The van der Waals surface area contributed by atoms with E-state index in [0.717, 1.165) is 32.0 Å². The van der Waals surface area contributed by atoms with Crippen molar-refractivity contribution in [2.75, 3.05) is 11.4 Å². The van der Waals surface area contributed by atoms with E-state index in [1.54, 1.807) is 17.4 Å². The van der Waals surface area contributed by atoms with E-state index in [0.29, 0.717) is 25.8 Å². The van der Waals surface area contributed by atoms with Gasteiger partial charge in [-0.3, -0.25) is 9.59 Å². The fraction of sp³-hybridized carbons (Fsp3) is 0.229. The first-order valence-corrected chi connectivity index (χ1v) is 19.7. The van der Waals surface area contributed by atoms with Crippen molar-refractivity contribution >= 4 is 56.4 Å². The lowest BCUT2D eigenvalue weighted by Gasteiger charge is -2.29. The molecule has 6 aromatic rings. The van der Waals surface area contributed by atoms with Gasteiger partial charge in [0.15, 0.2) is 0 Å². The summed E-state index contributed by atoms with van der Waals surface area (Å²) in [6.07, 6.45) is 3.68. The fourth-order valence-corrected chi connectivity index (χ4v) is 9.53. The summed E-state index contributed by atoms with van der Waals surface area (Å²) >= 11 is 1.54. The van der Waals surface area contributed by atoms with Gasteiger partial charge in [0.1, 0.15) is 11.6 Å². The van der Waals surface area contributed by atoms with Crippen molar-refractivity contribution in [3.63, 3.8) is 0 Å². The summed E-state index contributed by atoms with van der Waals surface area (Å²) in [4.78, 5) is 26.8. The standard InChI is InChI=1S/C48H43N3O3S/c1-47(2)40-14-9-7-12-36(40)38-20-17-33(27-42(38)47)51(34-18-21-39-37-13-8-10-15-41(37)48(3,4)43(39)28-34)32-19-22-44-30(24-32)25-35(55-44)26-31(29-49)46(54)50-23-11-5-6-16-45(52)53/h7-10,12-15,17-22,24-28H,5-6,11,16,23H2,1-4H3,(H,50,54)(H,52,53)/b31-26+. The van der Waals surface area contributed by atoms with Crippen LogP contribution in [-0.4, -0.2) is 23.5 Å².